The Balaban J connectivity index is 3.10. The molecule has 0 aromatic carbocycles. The van der Waals surface area contributed by atoms with Gasteiger partial charge in [0.25, 0.3) is 12.0 Å². The highest BCUT2D eigenvalue weighted by atomic mass is 16.5. The van der Waals surface area contributed by atoms with E-state index in [1.807, 2.05) is 0 Å². The number of rotatable bonds is 31. The third kappa shape index (κ3) is 29.4. The lowest BCUT2D eigenvalue weighted by Gasteiger charge is -2.06. The van der Waals surface area contributed by atoms with Crippen LogP contribution in [-0.4, -0.2) is 22.4 Å². The van der Waals surface area contributed by atoms with Crippen molar-refractivity contribution in [1.82, 2.24) is 5.17 Å². The summed E-state index contributed by atoms with van der Waals surface area (Å²) >= 11 is 0. The third-order valence-corrected chi connectivity index (χ3v) is 7.85. The maximum Gasteiger partial charge on any atom is 0.269 e. The van der Waals surface area contributed by atoms with Gasteiger partial charge in [-0.1, -0.05) is 197 Å². The number of amides is 1. The molecule has 0 aliphatic carbocycles. The summed E-state index contributed by atoms with van der Waals surface area (Å²) < 4.78 is 0. The molecule has 0 saturated heterocycles. The molecule has 38 heavy (non-hydrogen) atoms. The molecule has 0 saturated carbocycles. The van der Waals surface area contributed by atoms with Gasteiger partial charge in [-0.15, -0.1) is 0 Å². The minimum Gasteiger partial charge on any atom is -0.270 e. The van der Waals surface area contributed by atoms with Crippen LogP contribution in [0, 0.1) is 0 Å². The first-order valence-electron chi connectivity index (χ1n) is 16.8. The molecule has 1 amide bonds. The fourth-order valence-corrected chi connectivity index (χ4v) is 5.32. The van der Waals surface area contributed by atoms with Gasteiger partial charge in [-0.05, 0) is 6.42 Å². The number of hydrogen-bond donors (Lipinski definition) is 1. The quantitative estimate of drug-likeness (QED) is 0.0315. The minimum atomic E-state index is -0.543. The molecule has 0 fully saturated rings. The second kappa shape index (κ2) is 32.0. The topological polar surface area (TPSA) is 70.0 Å². The van der Waals surface area contributed by atoms with Crippen molar-refractivity contribution in [1.29, 1.82) is 0 Å². The highest BCUT2D eigenvalue weighted by molar-refractivity contribution is 5.74. The lowest BCUT2D eigenvalue weighted by molar-refractivity contribution is -0.165. The predicted molar refractivity (Wildman–Crippen MR) is 161 cm³/mol. The SMILES string of the molecule is CCCCCCCCCCCCCCCCCCCCCCCCCCCCCCCC(=O)N(O)N=C=O. The van der Waals surface area contributed by atoms with Gasteiger partial charge in [0.2, 0.25) is 0 Å². The van der Waals surface area contributed by atoms with Crippen LogP contribution in [0.25, 0.3) is 0 Å². The number of hydroxylamine groups is 1. The summed E-state index contributed by atoms with van der Waals surface area (Å²) in [6.07, 6.45) is 41.0. The maximum absolute atomic E-state index is 11.4. The van der Waals surface area contributed by atoms with Gasteiger partial charge in [-0.2, -0.15) is 0 Å². The summed E-state index contributed by atoms with van der Waals surface area (Å²) in [7, 11) is 0. The normalized spacial score (nSPS) is 11.0. The number of hydrogen-bond acceptors (Lipinski definition) is 4. The van der Waals surface area contributed by atoms with Crippen molar-refractivity contribution < 1.29 is 14.8 Å². The first-order chi connectivity index (χ1) is 18.7. The van der Waals surface area contributed by atoms with Crippen molar-refractivity contribution in [3.63, 3.8) is 0 Å². The molecule has 0 heterocycles. The lowest BCUT2D eigenvalue weighted by Crippen LogP contribution is -2.20. The summed E-state index contributed by atoms with van der Waals surface area (Å²) in [5.41, 5.74) is 0. The Hall–Kier alpha value is -1.19. The third-order valence-electron chi connectivity index (χ3n) is 7.85. The van der Waals surface area contributed by atoms with Gasteiger partial charge < -0.3 is 0 Å². The molecular formula is C33H64N2O3. The van der Waals surface area contributed by atoms with Gasteiger partial charge >= 0.3 is 0 Å². The van der Waals surface area contributed by atoms with Crippen molar-refractivity contribution in [2.24, 2.45) is 5.10 Å². The fraction of sp³-hybridized carbons (Fsp3) is 0.939. The van der Waals surface area contributed by atoms with E-state index in [2.05, 4.69) is 12.0 Å². The molecule has 0 aromatic rings. The largest absolute Gasteiger partial charge is 0.270 e. The predicted octanol–water partition coefficient (Wildman–Crippen LogP) is 11.2. The van der Waals surface area contributed by atoms with Crippen LogP contribution in [0.15, 0.2) is 5.10 Å². The molecule has 0 bridgehead atoms. The van der Waals surface area contributed by atoms with Gasteiger partial charge in [0.1, 0.15) is 0 Å². The maximum atomic E-state index is 11.4. The van der Waals surface area contributed by atoms with Crippen LogP contribution >= 0.6 is 0 Å². The van der Waals surface area contributed by atoms with E-state index in [4.69, 9.17) is 5.21 Å². The molecule has 1 N–H and O–H groups in total. The van der Waals surface area contributed by atoms with Crippen molar-refractivity contribution in [2.45, 2.75) is 200 Å². The van der Waals surface area contributed by atoms with Crippen LogP contribution in [0.2, 0.25) is 0 Å². The van der Waals surface area contributed by atoms with Crippen molar-refractivity contribution in [2.75, 3.05) is 0 Å². The van der Waals surface area contributed by atoms with Crippen LogP contribution in [0.4, 0.5) is 0 Å². The summed E-state index contributed by atoms with van der Waals surface area (Å²) in [5.74, 6) is -0.543. The average molecular weight is 537 g/mol. The second-order valence-corrected chi connectivity index (χ2v) is 11.5. The van der Waals surface area contributed by atoms with E-state index < -0.39 is 5.91 Å². The monoisotopic (exact) mass is 536 g/mol. The van der Waals surface area contributed by atoms with Crippen molar-refractivity contribution >= 4 is 12.0 Å². The molecule has 5 nitrogen and oxygen atoms in total. The summed E-state index contributed by atoms with van der Waals surface area (Å²) in [6.45, 7) is 2.29. The molecular weight excluding hydrogens is 472 g/mol. The van der Waals surface area contributed by atoms with Gasteiger partial charge in [0, 0.05) is 6.42 Å². The van der Waals surface area contributed by atoms with Crippen molar-refractivity contribution in [3.8, 4) is 0 Å². The standard InChI is InChI=1S/C33H64N2O3/c1-2-3-4-5-6-7-8-9-10-11-12-13-14-15-16-17-18-19-20-21-22-23-24-25-26-27-28-29-30-31-33(37)35(38)34-32-36/h38H,2-31H2,1H3. The van der Waals surface area contributed by atoms with Crippen LogP contribution in [0.5, 0.6) is 0 Å². The highest BCUT2D eigenvalue weighted by Gasteiger charge is 2.08. The Morgan fingerprint density at radius 1 is 0.500 bits per heavy atom. The van der Waals surface area contributed by atoms with Crippen LogP contribution in [0.1, 0.15) is 200 Å². The zero-order chi connectivity index (χ0) is 27.8. The molecule has 224 valence electrons. The first-order valence-corrected chi connectivity index (χ1v) is 16.8. The zero-order valence-electron chi connectivity index (χ0n) is 25.4. The Kier molecular flexibility index (Phi) is 31.0. The van der Waals surface area contributed by atoms with Crippen molar-refractivity contribution in [3.05, 3.63) is 0 Å². The van der Waals surface area contributed by atoms with Crippen LogP contribution in [0.3, 0.4) is 0 Å². The number of carbonyl (C=O) groups is 1. The number of hydrazone groups is 1. The molecule has 0 atom stereocenters. The molecule has 0 aromatic heterocycles. The second-order valence-electron chi connectivity index (χ2n) is 11.5. The van der Waals surface area contributed by atoms with Gasteiger partial charge in [-0.3, -0.25) is 10.0 Å². The van der Waals surface area contributed by atoms with Gasteiger partial charge in [-0.25, -0.2) is 4.79 Å². The van der Waals surface area contributed by atoms with E-state index in [1.54, 1.807) is 0 Å². The minimum absolute atomic E-state index is 0.0918. The van der Waals surface area contributed by atoms with E-state index in [1.165, 1.54) is 167 Å². The van der Waals surface area contributed by atoms with Gasteiger partial charge in [0.15, 0.2) is 0 Å². The molecule has 0 rings (SSSR count). The summed E-state index contributed by atoms with van der Waals surface area (Å²) in [5, 5.41) is 12.0. The Labute approximate surface area is 236 Å². The van der Waals surface area contributed by atoms with E-state index >= 15 is 0 Å². The molecule has 0 radical (unpaired) electrons. The lowest BCUT2D eigenvalue weighted by atomic mass is 10.0. The molecule has 5 heteroatoms. The van der Waals surface area contributed by atoms with E-state index in [-0.39, 0.29) is 11.6 Å². The fourth-order valence-electron chi connectivity index (χ4n) is 5.32. The number of unbranched alkanes of at least 4 members (excludes halogenated alkanes) is 28. The first kappa shape index (κ1) is 36.8. The smallest absolute Gasteiger partial charge is 0.269 e. The van der Waals surface area contributed by atoms with E-state index in [0.29, 0.717) is 0 Å². The Morgan fingerprint density at radius 2 is 0.737 bits per heavy atom. The molecule has 0 spiro atoms. The summed E-state index contributed by atoms with van der Waals surface area (Å²) in [4.78, 5) is 21.4. The van der Waals surface area contributed by atoms with E-state index in [9.17, 15) is 9.59 Å². The highest BCUT2D eigenvalue weighted by Crippen LogP contribution is 2.16. The van der Waals surface area contributed by atoms with E-state index in [0.717, 1.165) is 25.3 Å². The number of isocyanates is 1. The Morgan fingerprint density at radius 3 is 0.974 bits per heavy atom. The van der Waals surface area contributed by atoms with Gasteiger partial charge in [0.05, 0.1) is 0 Å². The molecule has 0 unspecified atom stereocenters. The molecule has 0 aliphatic heterocycles. The van der Waals surface area contributed by atoms with Crippen LogP contribution < -0.4 is 0 Å². The Bertz CT molecular complexity index is 534. The summed E-state index contributed by atoms with van der Waals surface area (Å²) in [6, 6.07) is 0. The average Bonchev–Trinajstić information content (AvgIpc) is 2.92. The number of nitrogens with zero attached hydrogens (tertiary/aromatic N) is 2. The van der Waals surface area contributed by atoms with Crippen LogP contribution in [-0.2, 0) is 9.59 Å². The zero-order valence-corrected chi connectivity index (χ0v) is 25.4. The molecule has 0 aliphatic rings. The number of carbonyl (C=O) groups excluding carboxylic acids is 2.